The average molecular weight is 418 g/mol. The van der Waals surface area contributed by atoms with Crippen LogP contribution in [0.1, 0.15) is 30.5 Å². The maximum Gasteiger partial charge on any atom is 0.242 e. The molecule has 0 saturated carbocycles. The van der Waals surface area contributed by atoms with Crippen molar-refractivity contribution in [3.8, 4) is 11.5 Å². The SMILES string of the molecule is CC1(CN)CCN(C(C(=O)NCc2ccc3c(c2)OCO3)c2ccccc2)C1.Cl. The summed E-state index contributed by atoms with van der Waals surface area (Å²) in [6.07, 6.45) is 1.00. The Morgan fingerprint density at radius 2 is 1.97 bits per heavy atom. The van der Waals surface area contributed by atoms with Gasteiger partial charge in [-0.15, -0.1) is 12.4 Å². The van der Waals surface area contributed by atoms with Crippen molar-refractivity contribution in [3.63, 3.8) is 0 Å². The van der Waals surface area contributed by atoms with Crippen LogP contribution >= 0.6 is 12.4 Å². The molecule has 2 aliphatic heterocycles. The highest BCUT2D eigenvalue weighted by Gasteiger charge is 2.38. The summed E-state index contributed by atoms with van der Waals surface area (Å²) >= 11 is 0. The number of nitrogens with zero attached hydrogens (tertiary/aromatic N) is 1. The first kappa shape index (κ1) is 21.4. The van der Waals surface area contributed by atoms with Crippen molar-refractivity contribution in [1.29, 1.82) is 0 Å². The smallest absolute Gasteiger partial charge is 0.242 e. The van der Waals surface area contributed by atoms with Gasteiger partial charge in [0.2, 0.25) is 12.7 Å². The number of hydrogen-bond donors (Lipinski definition) is 2. The van der Waals surface area contributed by atoms with E-state index in [9.17, 15) is 4.79 Å². The third kappa shape index (κ3) is 4.66. The summed E-state index contributed by atoms with van der Waals surface area (Å²) in [6.45, 7) is 5.20. The van der Waals surface area contributed by atoms with Crippen molar-refractivity contribution >= 4 is 18.3 Å². The lowest BCUT2D eigenvalue weighted by atomic mass is 9.90. The van der Waals surface area contributed by atoms with E-state index in [2.05, 4.69) is 17.1 Å². The monoisotopic (exact) mass is 417 g/mol. The van der Waals surface area contributed by atoms with E-state index < -0.39 is 0 Å². The first-order chi connectivity index (χ1) is 13.6. The Balaban J connectivity index is 0.00000240. The molecule has 7 heteroatoms. The van der Waals surface area contributed by atoms with Crippen molar-refractivity contribution in [2.24, 2.45) is 11.1 Å². The molecule has 0 radical (unpaired) electrons. The van der Waals surface area contributed by atoms with Crippen molar-refractivity contribution in [2.75, 3.05) is 26.4 Å². The highest BCUT2D eigenvalue weighted by Crippen LogP contribution is 2.35. The number of nitrogens with one attached hydrogen (secondary N) is 1. The predicted molar refractivity (Wildman–Crippen MR) is 114 cm³/mol. The Morgan fingerprint density at radius 3 is 2.69 bits per heavy atom. The van der Waals surface area contributed by atoms with Crippen molar-refractivity contribution in [2.45, 2.75) is 25.9 Å². The second-order valence-electron chi connectivity index (χ2n) is 7.95. The quantitative estimate of drug-likeness (QED) is 0.755. The summed E-state index contributed by atoms with van der Waals surface area (Å²) in [5.41, 5.74) is 8.03. The molecule has 2 heterocycles. The highest BCUT2D eigenvalue weighted by molar-refractivity contribution is 5.85. The van der Waals surface area contributed by atoms with Gasteiger partial charge in [0.05, 0.1) is 0 Å². The third-order valence-corrected chi connectivity index (χ3v) is 5.71. The number of carbonyl (C=O) groups excluding carboxylic acids is 1. The second kappa shape index (κ2) is 9.03. The number of carbonyl (C=O) groups is 1. The molecule has 0 bridgehead atoms. The van der Waals surface area contributed by atoms with Crippen LogP contribution in [-0.4, -0.2) is 37.2 Å². The maximum absolute atomic E-state index is 13.2. The van der Waals surface area contributed by atoms with Crippen LogP contribution in [0.15, 0.2) is 48.5 Å². The fourth-order valence-corrected chi connectivity index (χ4v) is 3.95. The molecule has 1 fully saturated rings. The standard InChI is InChI=1S/C22H27N3O3.ClH/c1-22(13-23)9-10-25(14-22)20(17-5-3-2-4-6-17)21(26)24-12-16-7-8-18-19(11-16)28-15-27-18;/h2-8,11,20H,9-10,12-15,23H2,1H3,(H,24,26);1H. The number of ether oxygens (including phenoxy) is 2. The van der Waals surface area contributed by atoms with Crippen LogP contribution in [-0.2, 0) is 11.3 Å². The van der Waals surface area contributed by atoms with Crippen LogP contribution in [0.3, 0.4) is 0 Å². The maximum atomic E-state index is 13.2. The first-order valence-corrected chi connectivity index (χ1v) is 9.73. The number of likely N-dealkylation sites (tertiary alicyclic amines) is 1. The lowest BCUT2D eigenvalue weighted by Crippen LogP contribution is -2.41. The molecule has 0 aliphatic carbocycles. The predicted octanol–water partition coefficient (Wildman–Crippen LogP) is 2.87. The van der Waals surface area contributed by atoms with Crippen LogP contribution in [0.2, 0.25) is 0 Å². The number of benzene rings is 2. The zero-order chi connectivity index (χ0) is 19.6. The topological polar surface area (TPSA) is 76.8 Å². The van der Waals surface area contributed by atoms with E-state index in [-0.39, 0.29) is 36.6 Å². The van der Waals surface area contributed by atoms with Crippen LogP contribution in [0.25, 0.3) is 0 Å². The minimum atomic E-state index is -0.316. The largest absolute Gasteiger partial charge is 0.454 e. The van der Waals surface area contributed by atoms with Gasteiger partial charge in [-0.2, -0.15) is 0 Å². The Hall–Kier alpha value is -2.28. The lowest BCUT2D eigenvalue weighted by Gasteiger charge is -2.29. The number of amides is 1. The van der Waals surface area contributed by atoms with E-state index in [1.807, 2.05) is 48.5 Å². The van der Waals surface area contributed by atoms with Gasteiger partial charge in [-0.3, -0.25) is 9.69 Å². The van der Waals surface area contributed by atoms with Crippen molar-refractivity contribution in [3.05, 3.63) is 59.7 Å². The summed E-state index contributed by atoms with van der Waals surface area (Å²) in [7, 11) is 0. The Morgan fingerprint density at radius 1 is 1.21 bits per heavy atom. The van der Waals surface area contributed by atoms with Gasteiger partial charge in [-0.1, -0.05) is 43.3 Å². The van der Waals surface area contributed by atoms with Crippen LogP contribution in [0, 0.1) is 5.41 Å². The Kier molecular flexibility index (Phi) is 6.67. The van der Waals surface area contributed by atoms with E-state index in [0.717, 1.165) is 42.1 Å². The van der Waals surface area contributed by atoms with Gasteiger partial charge in [0.25, 0.3) is 0 Å². The molecule has 4 rings (SSSR count). The lowest BCUT2D eigenvalue weighted by molar-refractivity contribution is -0.126. The summed E-state index contributed by atoms with van der Waals surface area (Å²) in [4.78, 5) is 15.4. The van der Waals surface area contributed by atoms with Crippen molar-refractivity contribution in [1.82, 2.24) is 10.2 Å². The highest BCUT2D eigenvalue weighted by atomic mass is 35.5. The van der Waals surface area contributed by atoms with Crippen LogP contribution in [0.4, 0.5) is 0 Å². The molecule has 2 aromatic carbocycles. The average Bonchev–Trinajstić information content (AvgIpc) is 3.34. The number of rotatable bonds is 6. The Bertz CT molecular complexity index is 848. The number of hydrogen-bond acceptors (Lipinski definition) is 5. The zero-order valence-corrected chi connectivity index (χ0v) is 17.4. The van der Waals surface area contributed by atoms with Gasteiger partial charge in [-0.05, 0) is 48.2 Å². The van der Waals surface area contributed by atoms with E-state index in [1.165, 1.54) is 0 Å². The summed E-state index contributed by atoms with van der Waals surface area (Å²) in [5.74, 6) is 1.48. The van der Waals surface area contributed by atoms with Crippen LogP contribution in [0.5, 0.6) is 11.5 Å². The number of nitrogens with two attached hydrogens (primary N) is 1. The molecule has 29 heavy (non-hydrogen) atoms. The second-order valence-corrected chi connectivity index (χ2v) is 7.95. The molecule has 0 aromatic heterocycles. The molecule has 1 saturated heterocycles. The number of halogens is 1. The van der Waals surface area contributed by atoms with Gasteiger partial charge in [0, 0.05) is 13.1 Å². The van der Waals surface area contributed by atoms with Gasteiger partial charge < -0.3 is 20.5 Å². The molecule has 0 spiro atoms. The zero-order valence-electron chi connectivity index (χ0n) is 16.6. The molecular formula is C22H28ClN3O3. The molecule has 2 atom stereocenters. The summed E-state index contributed by atoms with van der Waals surface area (Å²) < 4.78 is 10.8. The molecule has 3 N–H and O–H groups in total. The normalized spacial score (nSPS) is 21.4. The minimum Gasteiger partial charge on any atom is -0.454 e. The van der Waals surface area contributed by atoms with E-state index in [1.54, 1.807) is 0 Å². The third-order valence-electron chi connectivity index (χ3n) is 5.71. The molecule has 2 aromatic rings. The number of fused-ring (bicyclic) bond motifs is 1. The molecule has 2 unspecified atom stereocenters. The van der Waals surface area contributed by atoms with Crippen molar-refractivity contribution < 1.29 is 14.3 Å². The fraction of sp³-hybridized carbons (Fsp3) is 0.409. The summed E-state index contributed by atoms with van der Waals surface area (Å²) in [5, 5.41) is 3.10. The van der Waals surface area contributed by atoms with Gasteiger partial charge in [0.1, 0.15) is 6.04 Å². The first-order valence-electron chi connectivity index (χ1n) is 9.73. The molecule has 1 amide bonds. The molecule has 6 nitrogen and oxygen atoms in total. The summed E-state index contributed by atoms with van der Waals surface area (Å²) in [6, 6.07) is 15.4. The van der Waals surface area contributed by atoms with Gasteiger partial charge >= 0.3 is 0 Å². The van der Waals surface area contributed by atoms with Crippen LogP contribution < -0.4 is 20.5 Å². The minimum absolute atomic E-state index is 0. The Labute approximate surface area is 177 Å². The van der Waals surface area contributed by atoms with E-state index in [4.69, 9.17) is 15.2 Å². The van der Waals surface area contributed by atoms with Gasteiger partial charge in [-0.25, -0.2) is 0 Å². The molecule has 2 aliphatic rings. The molecule has 156 valence electrons. The van der Waals surface area contributed by atoms with E-state index in [0.29, 0.717) is 13.1 Å². The fourth-order valence-electron chi connectivity index (χ4n) is 3.95. The van der Waals surface area contributed by atoms with E-state index >= 15 is 0 Å². The van der Waals surface area contributed by atoms with Gasteiger partial charge in [0.15, 0.2) is 11.5 Å². The molecular weight excluding hydrogens is 390 g/mol.